The zero-order chi connectivity index (χ0) is 20.1. The summed E-state index contributed by atoms with van der Waals surface area (Å²) in [5, 5.41) is 6.04. The van der Waals surface area contributed by atoms with Crippen molar-refractivity contribution < 1.29 is 14.3 Å². The van der Waals surface area contributed by atoms with E-state index in [0.29, 0.717) is 19.0 Å². The highest BCUT2D eigenvalue weighted by atomic mass is 16.6. The van der Waals surface area contributed by atoms with Gasteiger partial charge in [-0.05, 0) is 33.6 Å². The molecule has 0 aromatic heterocycles. The summed E-state index contributed by atoms with van der Waals surface area (Å²) in [6, 6.07) is 0.0421. The molecule has 1 saturated heterocycles. The summed E-state index contributed by atoms with van der Waals surface area (Å²) in [6.07, 6.45) is 3.61. The van der Waals surface area contributed by atoms with Gasteiger partial charge in [0.2, 0.25) is 0 Å². The maximum absolute atomic E-state index is 11.8. The van der Waals surface area contributed by atoms with Gasteiger partial charge in [0.1, 0.15) is 5.60 Å². The Bertz CT molecular complexity index is 445. The molecule has 158 valence electrons. The number of alkyl carbamates (subject to hydrolysis) is 1. The molecule has 0 saturated carbocycles. The van der Waals surface area contributed by atoms with Crippen LogP contribution in [0.3, 0.4) is 0 Å². The van der Waals surface area contributed by atoms with Crippen LogP contribution in [0.15, 0.2) is 4.99 Å². The quantitative estimate of drug-likeness (QED) is 0.301. The molecule has 1 fully saturated rings. The summed E-state index contributed by atoms with van der Waals surface area (Å²) in [6.45, 7) is 13.5. The zero-order valence-electron chi connectivity index (χ0n) is 17.6. The fourth-order valence-electron chi connectivity index (χ4n) is 2.77. The maximum Gasteiger partial charge on any atom is 0.407 e. The van der Waals surface area contributed by atoms with E-state index in [4.69, 9.17) is 15.2 Å². The van der Waals surface area contributed by atoms with Crippen LogP contribution in [0.5, 0.6) is 0 Å². The van der Waals surface area contributed by atoms with E-state index in [1.54, 1.807) is 0 Å². The lowest BCUT2D eigenvalue weighted by atomic mass is 10.1. The number of aliphatic imine (C=N–C) groups is 1. The van der Waals surface area contributed by atoms with Crippen LogP contribution >= 0.6 is 0 Å². The van der Waals surface area contributed by atoms with Gasteiger partial charge in [0.25, 0.3) is 0 Å². The summed E-state index contributed by atoms with van der Waals surface area (Å²) in [4.78, 5) is 18.7. The second-order valence-electron chi connectivity index (χ2n) is 7.94. The Labute approximate surface area is 164 Å². The number of carbonyl (C=O) groups is 1. The lowest BCUT2D eigenvalue weighted by Crippen LogP contribution is -2.47. The van der Waals surface area contributed by atoms with Crippen LogP contribution in [0.4, 0.5) is 4.79 Å². The van der Waals surface area contributed by atoms with Gasteiger partial charge in [0, 0.05) is 38.8 Å². The molecule has 1 aliphatic rings. The molecule has 1 atom stereocenters. The Morgan fingerprint density at radius 1 is 1.30 bits per heavy atom. The first-order valence-electron chi connectivity index (χ1n) is 10.1. The Morgan fingerprint density at radius 3 is 2.63 bits per heavy atom. The number of nitrogens with two attached hydrogens (primary N) is 1. The third kappa shape index (κ3) is 12.5. The highest BCUT2D eigenvalue weighted by Crippen LogP contribution is 2.07. The maximum atomic E-state index is 11.8. The number of carbonyl (C=O) groups excluding carboxylic acids is 1. The molecule has 0 spiro atoms. The monoisotopic (exact) mass is 385 g/mol. The number of rotatable bonds is 10. The van der Waals surface area contributed by atoms with Crippen molar-refractivity contribution in [2.75, 3.05) is 45.9 Å². The van der Waals surface area contributed by atoms with Gasteiger partial charge in [-0.25, -0.2) is 4.79 Å². The van der Waals surface area contributed by atoms with Crippen molar-refractivity contribution in [3.8, 4) is 0 Å². The van der Waals surface area contributed by atoms with E-state index < -0.39 is 11.7 Å². The first-order chi connectivity index (χ1) is 12.8. The molecule has 1 heterocycles. The van der Waals surface area contributed by atoms with Gasteiger partial charge in [-0.3, -0.25) is 9.89 Å². The van der Waals surface area contributed by atoms with Crippen molar-refractivity contribution in [2.24, 2.45) is 10.7 Å². The van der Waals surface area contributed by atoms with Crippen LogP contribution in [0.2, 0.25) is 0 Å². The fraction of sp³-hybridized carbons (Fsp3) is 0.895. The van der Waals surface area contributed by atoms with Gasteiger partial charge < -0.3 is 25.8 Å². The highest BCUT2D eigenvalue weighted by molar-refractivity contribution is 5.78. The number of hydrogen-bond donors (Lipinski definition) is 3. The predicted octanol–water partition coefficient (Wildman–Crippen LogP) is 1.70. The van der Waals surface area contributed by atoms with Gasteiger partial charge in [-0.1, -0.05) is 19.8 Å². The average molecular weight is 386 g/mol. The molecular weight excluding hydrogens is 346 g/mol. The summed E-state index contributed by atoms with van der Waals surface area (Å²) < 4.78 is 10.6. The zero-order valence-corrected chi connectivity index (χ0v) is 17.6. The molecule has 0 aromatic carbocycles. The van der Waals surface area contributed by atoms with Gasteiger partial charge in [-0.2, -0.15) is 0 Å². The standard InChI is InChI=1S/C19H39N5O3/c1-5-6-8-16(15-22-18(25)27-19(2,3)4)23-17(20)21-9-7-10-24-11-13-26-14-12-24/h16H,5-15H2,1-4H3,(H,22,25)(H3,20,21,23). The second-order valence-corrected chi connectivity index (χ2v) is 7.94. The normalized spacial score (nSPS) is 17.4. The van der Waals surface area contributed by atoms with Crippen LogP contribution in [0, 0.1) is 0 Å². The van der Waals surface area contributed by atoms with Crippen molar-refractivity contribution in [3.05, 3.63) is 0 Å². The third-order valence-electron chi connectivity index (χ3n) is 4.17. The number of morpholine rings is 1. The molecule has 27 heavy (non-hydrogen) atoms. The summed E-state index contributed by atoms with van der Waals surface area (Å²) in [5.74, 6) is 0.434. The Morgan fingerprint density at radius 2 is 2.00 bits per heavy atom. The van der Waals surface area contributed by atoms with E-state index >= 15 is 0 Å². The lowest BCUT2D eigenvalue weighted by molar-refractivity contribution is 0.0377. The highest BCUT2D eigenvalue weighted by Gasteiger charge is 2.17. The molecule has 0 aliphatic carbocycles. The summed E-state index contributed by atoms with van der Waals surface area (Å²) >= 11 is 0. The van der Waals surface area contributed by atoms with E-state index in [-0.39, 0.29) is 6.04 Å². The number of guanidine groups is 1. The number of amides is 1. The van der Waals surface area contributed by atoms with Gasteiger partial charge in [-0.15, -0.1) is 0 Å². The molecule has 1 aliphatic heterocycles. The minimum absolute atomic E-state index is 0.0421. The van der Waals surface area contributed by atoms with Crippen LogP contribution in [0.25, 0.3) is 0 Å². The largest absolute Gasteiger partial charge is 0.444 e. The van der Waals surface area contributed by atoms with Crippen molar-refractivity contribution in [2.45, 2.75) is 65.0 Å². The van der Waals surface area contributed by atoms with E-state index in [2.05, 4.69) is 27.4 Å². The minimum Gasteiger partial charge on any atom is -0.444 e. The Balaban J connectivity index is 2.33. The number of hydrogen-bond acceptors (Lipinski definition) is 5. The molecule has 8 heteroatoms. The lowest BCUT2D eigenvalue weighted by Gasteiger charge is -2.26. The van der Waals surface area contributed by atoms with E-state index in [9.17, 15) is 4.79 Å². The number of ether oxygens (including phenoxy) is 2. The van der Waals surface area contributed by atoms with Gasteiger partial charge in [0.05, 0.1) is 13.2 Å². The first-order valence-corrected chi connectivity index (χ1v) is 10.1. The van der Waals surface area contributed by atoms with Crippen LogP contribution in [-0.4, -0.2) is 74.5 Å². The Hall–Kier alpha value is -1.54. The molecule has 1 rings (SSSR count). The second kappa shape index (κ2) is 12.8. The smallest absolute Gasteiger partial charge is 0.407 e. The van der Waals surface area contributed by atoms with Crippen LogP contribution < -0.4 is 16.4 Å². The average Bonchev–Trinajstić information content (AvgIpc) is 2.60. The topological polar surface area (TPSA) is 101 Å². The predicted molar refractivity (Wildman–Crippen MR) is 109 cm³/mol. The number of unbranched alkanes of at least 4 members (excludes halogenated alkanes) is 1. The summed E-state index contributed by atoms with van der Waals surface area (Å²) in [5.41, 5.74) is 5.53. The molecule has 0 aromatic rings. The molecule has 1 amide bonds. The molecule has 0 bridgehead atoms. The number of nitrogens with one attached hydrogen (secondary N) is 2. The van der Waals surface area contributed by atoms with E-state index in [1.165, 1.54) is 0 Å². The minimum atomic E-state index is -0.503. The van der Waals surface area contributed by atoms with Crippen molar-refractivity contribution in [1.82, 2.24) is 15.5 Å². The molecule has 8 nitrogen and oxygen atoms in total. The Kier molecular flexibility index (Phi) is 11.1. The molecule has 1 unspecified atom stereocenters. The molecule has 0 radical (unpaired) electrons. The van der Waals surface area contributed by atoms with Crippen molar-refractivity contribution >= 4 is 12.1 Å². The van der Waals surface area contributed by atoms with Gasteiger partial charge >= 0.3 is 6.09 Å². The fourth-order valence-corrected chi connectivity index (χ4v) is 2.77. The third-order valence-corrected chi connectivity index (χ3v) is 4.17. The van der Waals surface area contributed by atoms with Gasteiger partial charge in [0.15, 0.2) is 5.96 Å². The van der Waals surface area contributed by atoms with Crippen LogP contribution in [-0.2, 0) is 9.47 Å². The van der Waals surface area contributed by atoms with E-state index in [1.807, 2.05) is 20.8 Å². The molecule has 4 N–H and O–H groups in total. The van der Waals surface area contributed by atoms with Crippen molar-refractivity contribution in [3.63, 3.8) is 0 Å². The molecular formula is C19H39N5O3. The van der Waals surface area contributed by atoms with E-state index in [0.717, 1.165) is 58.5 Å². The number of nitrogens with zero attached hydrogens (tertiary/aromatic N) is 2. The summed E-state index contributed by atoms with van der Waals surface area (Å²) in [7, 11) is 0. The SMILES string of the molecule is CCCCC(CNC(=O)OC(C)(C)C)NC(N)=NCCCN1CCOCC1. The van der Waals surface area contributed by atoms with Crippen LogP contribution in [0.1, 0.15) is 53.4 Å². The van der Waals surface area contributed by atoms with Crippen molar-refractivity contribution in [1.29, 1.82) is 0 Å². The first kappa shape index (κ1) is 23.5.